The second-order valence-electron chi connectivity index (χ2n) is 22.6. The minimum atomic E-state index is -1.35. The van der Waals surface area contributed by atoms with Crippen LogP contribution in [0.5, 0.6) is 0 Å². The average Bonchev–Trinajstić information content (AvgIpc) is 3.01. The van der Waals surface area contributed by atoms with Crippen molar-refractivity contribution in [3.8, 4) is 0 Å². The molecule has 0 bridgehead atoms. The molecule has 2 aliphatic heterocycles. The van der Waals surface area contributed by atoms with Crippen molar-refractivity contribution in [2.75, 3.05) is 39.3 Å². The second kappa shape index (κ2) is 37.0. The van der Waals surface area contributed by atoms with Crippen LogP contribution >= 0.6 is 0 Å². The van der Waals surface area contributed by atoms with Crippen LogP contribution in [-0.2, 0) is 67.2 Å². The molecule has 25 nitrogen and oxygen atoms in total. The predicted molar refractivity (Wildman–Crippen MR) is 329 cm³/mol. The summed E-state index contributed by atoms with van der Waals surface area (Å²) in [6, 6.07) is 13.9. The van der Waals surface area contributed by atoms with Crippen molar-refractivity contribution in [1.29, 1.82) is 0 Å². The van der Waals surface area contributed by atoms with E-state index in [2.05, 4.69) is 47.9 Å². The summed E-state index contributed by atoms with van der Waals surface area (Å²) >= 11 is 0. The van der Waals surface area contributed by atoms with Gasteiger partial charge in [-0.25, -0.2) is 0 Å². The number of nitrogens with two attached hydrogens (primary N) is 5. The van der Waals surface area contributed by atoms with Crippen LogP contribution in [-0.4, -0.2) is 164 Å². The van der Waals surface area contributed by atoms with Crippen molar-refractivity contribution in [3.05, 3.63) is 108 Å². The highest BCUT2D eigenvalue weighted by molar-refractivity contribution is 6.00. The van der Waals surface area contributed by atoms with Crippen LogP contribution in [0.15, 0.2) is 91.0 Å². The monoisotopic (exact) mass is 1210 g/mol. The zero-order valence-electron chi connectivity index (χ0n) is 50.3. The summed E-state index contributed by atoms with van der Waals surface area (Å²) in [7, 11) is 0. The van der Waals surface area contributed by atoms with Crippen LogP contribution < -0.4 is 76.5 Å². The fraction of sp³-hybridized carbons (Fsp3) is 0.548. The summed E-state index contributed by atoms with van der Waals surface area (Å²) in [5.74, 6) is -7.92. The highest BCUT2D eigenvalue weighted by Gasteiger charge is 2.41. The zero-order chi connectivity index (χ0) is 63.3. The van der Waals surface area contributed by atoms with E-state index in [1.54, 1.807) is 105 Å². The van der Waals surface area contributed by atoms with Crippen LogP contribution in [0.2, 0.25) is 0 Å². The first kappa shape index (κ1) is 69.9. The third-order valence-electron chi connectivity index (χ3n) is 15.5. The molecule has 10 atom stereocenters. The highest BCUT2D eigenvalue weighted by Crippen LogP contribution is 2.22. The smallest absolute Gasteiger partial charge is 0.246 e. The predicted octanol–water partition coefficient (Wildman–Crippen LogP) is -1.57. The van der Waals surface area contributed by atoms with Gasteiger partial charge in [0.05, 0.1) is 0 Å². The maximum Gasteiger partial charge on any atom is 0.246 e. The van der Waals surface area contributed by atoms with Gasteiger partial charge in [0.15, 0.2) is 0 Å². The van der Waals surface area contributed by atoms with E-state index >= 15 is 4.79 Å². The Morgan fingerprint density at radius 2 is 0.644 bits per heavy atom. The average molecular weight is 1210 g/mol. The van der Waals surface area contributed by atoms with Crippen molar-refractivity contribution in [3.63, 3.8) is 0 Å². The lowest BCUT2D eigenvalue weighted by atomic mass is 10.00. The minimum Gasteiger partial charge on any atom is -0.343 e. The lowest BCUT2D eigenvalue weighted by Crippen LogP contribution is -2.62. The van der Waals surface area contributed by atoms with Crippen LogP contribution in [0, 0.1) is 5.92 Å². The Morgan fingerprint density at radius 3 is 0.977 bits per heavy atom. The first-order chi connectivity index (χ1) is 41.9. The number of carbonyl (C=O) groups is 10. The molecule has 3 aromatic rings. The number of hydrogen-bond donors (Lipinski definition) is 14. The molecule has 2 fully saturated rings. The molecule has 19 N–H and O–H groups in total. The van der Waals surface area contributed by atoms with E-state index in [0.29, 0.717) is 23.1 Å². The molecule has 2 aliphatic rings. The Balaban J connectivity index is 1.62. The van der Waals surface area contributed by atoms with E-state index in [1.807, 2.05) is 0 Å². The van der Waals surface area contributed by atoms with Gasteiger partial charge in [0.2, 0.25) is 59.1 Å². The van der Waals surface area contributed by atoms with E-state index in [4.69, 9.17) is 28.7 Å². The SMILES string of the molecule is CC(C)[C@@H]1NC(=O)[C@H](CCCN)NC(=O)[C@H](CCCN)NC(=O)[C@H](CCCN)NC(=O)[C@@H](Cc2ccccc2)NC(=O)[C@H](Cc2ccccc2)NC(=O)[C@@H]2CCCN2C(=O)[C@@H](Cc2ccccc2)NC(=O)[C@H](CCCN)NC(=O)[C@H](CCCN)NC1=O. The number of carbonyl (C=O) groups excluding carboxylic acids is 10. The summed E-state index contributed by atoms with van der Waals surface area (Å²) in [6.45, 7) is 4.11. The summed E-state index contributed by atoms with van der Waals surface area (Å²) in [6.07, 6.45) is 1.83. The van der Waals surface area contributed by atoms with Gasteiger partial charge in [-0.05, 0) is 132 Å². The lowest BCUT2D eigenvalue weighted by molar-refractivity contribution is -0.142. The molecule has 0 unspecified atom stereocenters. The highest BCUT2D eigenvalue weighted by atomic mass is 16.2. The molecule has 0 radical (unpaired) electrons. The molecular weight excluding hydrogens is 1110 g/mol. The van der Waals surface area contributed by atoms with E-state index in [0.717, 1.165) is 0 Å². The molecule has 87 heavy (non-hydrogen) atoms. The summed E-state index contributed by atoms with van der Waals surface area (Å²) < 4.78 is 0. The van der Waals surface area contributed by atoms with Crippen LogP contribution in [0.4, 0.5) is 0 Å². The van der Waals surface area contributed by atoms with Gasteiger partial charge in [-0.1, -0.05) is 105 Å². The van der Waals surface area contributed by atoms with Crippen molar-refractivity contribution in [2.45, 2.75) is 171 Å². The summed E-state index contributed by atoms with van der Waals surface area (Å²) in [5.41, 5.74) is 31.6. The molecule has 476 valence electrons. The van der Waals surface area contributed by atoms with Gasteiger partial charge in [0.25, 0.3) is 0 Å². The molecule has 0 aliphatic carbocycles. The molecular formula is C62H93N15O10. The normalized spacial score (nSPS) is 24.7. The van der Waals surface area contributed by atoms with E-state index in [-0.39, 0.29) is 129 Å². The Kier molecular flexibility index (Phi) is 29.7. The molecule has 3 aromatic carbocycles. The van der Waals surface area contributed by atoms with Gasteiger partial charge in [-0.3, -0.25) is 47.9 Å². The zero-order valence-corrected chi connectivity index (χ0v) is 50.3. The molecule has 0 aromatic heterocycles. The number of rotatable bonds is 22. The fourth-order valence-corrected chi connectivity index (χ4v) is 10.6. The first-order valence-corrected chi connectivity index (χ1v) is 30.6. The van der Waals surface area contributed by atoms with Crippen LogP contribution in [0.25, 0.3) is 0 Å². The number of hydrogen-bond acceptors (Lipinski definition) is 15. The third kappa shape index (κ3) is 22.4. The Hall–Kier alpha value is -7.84. The van der Waals surface area contributed by atoms with Gasteiger partial charge < -0.3 is 81.4 Å². The quantitative estimate of drug-likeness (QED) is 0.0541. The standard InChI is InChI=1S/C62H93N15O10/c1-39(2)52-61(86)72-46(27-15-33-66)55(80)69-45(26-14-32-65)56(81)75-50(38-42-22-10-5-11-23-42)62(87)77-35-17-29-51(77)60(85)74-49(37-41-20-8-4-9-21-41)59(84)73-48(36-40-18-6-3-7-19-40)58(83)71-44(25-13-31-64)54(79)68-43(24-12-30-63)53(78)70-47(28-16-34-67)57(82)76-52/h3-11,18-23,39,43-52H,12-17,24-38,63-67H2,1-2H3,(H,68,79)(H,69,80)(H,70,78)(H,71,83)(H,72,86)(H,73,84)(H,74,85)(H,75,81)(H,76,82)/t43-,44-,45-,46-,47-,48+,49-,50+,51-,52-/m0/s1. The number of fused-ring (bicyclic) bond motifs is 1. The first-order valence-electron chi connectivity index (χ1n) is 30.6. The van der Waals surface area contributed by atoms with Gasteiger partial charge in [0.1, 0.15) is 60.4 Å². The molecule has 2 saturated heterocycles. The molecule has 25 heteroatoms. The Labute approximate surface area is 510 Å². The van der Waals surface area contributed by atoms with Crippen LogP contribution in [0.1, 0.15) is 108 Å². The largest absolute Gasteiger partial charge is 0.343 e. The summed E-state index contributed by atoms with van der Waals surface area (Å²) in [5, 5.41) is 25.2. The maximum atomic E-state index is 15.1. The Morgan fingerprint density at radius 1 is 0.368 bits per heavy atom. The second-order valence-corrected chi connectivity index (χ2v) is 22.6. The van der Waals surface area contributed by atoms with E-state index < -0.39 is 125 Å². The molecule has 5 rings (SSSR count). The fourth-order valence-electron chi connectivity index (χ4n) is 10.6. The third-order valence-corrected chi connectivity index (χ3v) is 15.5. The van der Waals surface area contributed by atoms with Crippen molar-refractivity contribution >= 4 is 59.1 Å². The topological polar surface area (TPSA) is 412 Å². The van der Waals surface area contributed by atoms with Crippen LogP contribution in [0.3, 0.4) is 0 Å². The van der Waals surface area contributed by atoms with Gasteiger partial charge >= 0.3 is 0 Å². The van der Waals surface area contributed by atoms with Crippen molar-refractivity contribution < 1.29 is 47.9 Å². The van der Waals surface area contributed by atoms with Crippen molar-refractivity contribution in [1.82, 2.24) is 52.8 Å². The van der Waals surface area contributed by atoms with E-state index in [9.17, 15) is 43.2 Å². The van der Waals surface area contributed by atoms with Gasteiger partial charge in [-0.15, -0.1) is 0 Å². The van der Waals surface area contributed by atoms with Gasteiger partial charge in [0, 0.05) is 25.8 Å². The molecule has 0 spiro atoms. The van der Waals surface area contributed by atoms with Gasteiger partial charge in [-0.2, -0.15) is 0 Å². The molecule has 0 saturated carbocycles. The number of amides is 10. The Bertz CT molecular complexity index is 2710. The summed E-state index contributed by atoms with van der Waals surface area (Å²) in [4.78, 5) is 148. The number of benzene rings is 3. The van der Waals surface area contributed by atoms with Crippen molar-refractivity contribution in [2.24, 2.45) is 34.6 Å². The molecule has 10 amide bonds. The molecule has 2 heterocycles. The number of nitrogens with zero attached hydrogens (tertiary/aromatic N) is 1. The number of nitrogens with one attached hydrogen (secondary N) is 9. The minimum absolute atomic E-state index is 0.00821. The maximum absolute atomic E-state index is 15.1. The lowest BCUT2D eigenvalue weighted by Gasteiger charge is -2.31. The van der Waals surface area contributed by atoms with E-state index in [1.165, 1.54) is 4.90 Å².